The minimum Gasteiger partial charge on any atom is -0.335 e. The normalized spacial score (nSPS) is 39.6. The molecule has 5 atom stereocenters. The van der Waals surface area contributed by atoms with E-state index in [2.05, 4.69) is 22.9 Å². The molecule has 3 rings (SSSR count). The van der Waals surface area contributed by atoms with Crippen LogP contribution in [-0.4, -0.2) is 31.2 Å². The maximum absolute atomic E-state index is 12.3. The highest BCUT2D eigenvalue weighted by Gasteiger charge is 2.34. The van der Waals surface area contributed by atoms with E-state index in [1.807, 2.05) is 0 Å². The number of urea groups is 1. The van der Waals surface area contributed by atoms with Gasteiger partial charge in [0.05, 0.1) is 0 Å². The molecule has 0 aromatic rings. The van der Waals surface area contributed by atoms with Crippen molar-refractivity contribution in [1.29, 1.82) is 0 Å². The molecule has 3 fully saturated rings. The molecule has 4 heteroatoms. The number of rotatable bonds is 3. The second-order valence-corrected chi connectivity index (χ2v) is 7.37. The van der Waals surface area contributed by atoms with E-state index in [1.54, 1.807) is 0 Å². The average Bonchev–Trinajstić information content (AvgIpc) is 2.95. The summed E-state index contributed by atoms with van der Waals surface area (Å²) < 4.78 is 0. The van der Waals surface area contributed by atoms with Crippen LogP contribution in [0, 0.1) is 17.8 Å². The smallest absolute Gasteiger partial charge is 0.315 e. The van der Waals surface area contributed by atoms with Gasteiger partial charge in [-0.25, -0.2) is 4.79 Å². The van der Waals surface area contributed by atoms with Crippen molar-refractivity contribution in [2.75, 3.05) is 13.1 Å². The Bertz CT molecular complexity index is 360. The van der Waals surface area contributed by atoms with Gasteiger partial charge in [-0.15, -0.1) is 0 Å². The highest BCUT2D eigenvalue weighted by atomic mass is 16.2. The summed E-state index contributed by atoms with van der Waals surface area (Å²) in [5.41, 5.74) is 0. The quantitative estimate of drug-likeness (QED) is 0.749. The first-order valence-electron chi connectivity index (χ1n) is 9.04. The molecule has 0 spiro atoms. The number of carbonyl (C=O) groups excluding carboxylic acids is 1. The van der Waals surface area contributed by atoms with Gasteiger partial charge in [0.1, 0.15) is 0 Å². The van der Waals surface area contributed by atoms with Crippen LogP contribution in [-0.2, 0) is 0 Å². The molecule has 2 saturated carbocycles. The van der Waals surface area contributed by atoms with Gasteiger partial charge in [0.25, 0.3) is 0 Å². The van der Waals surface area contributed by atoms with E-state index in [-0.39, 0.29) is 6.03 Å². The van der Waals surface area contributed by atoms with E-state index in [0.717, 1.165) is 37.6 Å². The number of nitrogens with one attached hydrogen (secondary N) is 3. The summed E-state index contributed by atoms with van der Waals surface area (Å²) in [5.74, 6) is 2.32. The first-order chi connectivity index (χ1) is 10.3. The van der Waals surface area contributed by atoms with Crippen LogP contribution in [0.15, 0.2) is 0 Å². The topological polar surface area (TPSA) is 53.2 Å². The summed E-state index contributed by atoms with van der Waals surface area (Å²) in [5, 5.41) is 10.00. The van der Waals surface area contributed by atoms with Gasteiger partial charge < -0.3 is 16.0 Å². The number of hydrogen-bond acceptors (Lipinski definition) is 2. The van der Waals surface area contributed by atoms with E-state index >= 15 is 0 Å². The molecule has 0 bridgehead atoms. The van der Waals surface area contributed by atoms with Crippen LogP contribution < -0.4 is 16.0 Å². The van der Waals surface area contributed by atoms with Crippen LogP contribution in [0.4, 0.5) is 4.79 Å². The molecule has 3 aliphatic rings. The fourth-order valence-corrected chi connectivity index (χ4v) is 4.71. The molecule has 1 heterocycles. The average molecular weight is 293 g/mol. The molecule has 0 aromatic heterocycles. The summed E-state index contributed by atoms with van der Waals surface area (Å²) in [4.78, 5) is 12.3. The number of amides is 2. The lowest BCUT2D eigenvalue weighted by molar-refractivity contribution is 0.199. The molecular formula is C17H31N3O. The van der Waals surface area contributed by atoms with Crippen LogP contribution >= 0.6 is 0 Å². The van der Waals surface area contributed by atoms with Gasteiger partial charge in [-0.1, -0.05) is 26.2 Å². The Kier molecular flexibility index (Phi) is 5.04. The molecular weight excluding hydrogens is 262 g/mol. The third-order valence-corrected chi connectivity index (χ3v) is 6.04. The summed E-state index contributed by atoms with van der Waals surface area (Å²) >= 11 is 0. The summed E-state index contributed by atoms with van der Waals surface area (Å²) in [7, 11) is 0. The lowest BCUT2D eigenvalue weighted by Gasteiger charge is -2.34. The van der Waals surface area contributed by atoms with Crippen molar-refractivity contribution in [3.05, 3.63) is 0 Å². The maximum Gasteiger partial charge on any atom is 0.315 e. The van der Waals surface area contributed by atoms with Crippen molar-refractivity contribution < 1.29 is 4.79 Å². The molecule has 1 aliphatic heterocycles. The number of hydrogen-bond donors (Lipinski definition) is 3. The zero-order valence-electron chi connectivity index (χ0n) is 13.4. The molecule has 120 valence electrons. The van der Waals surface area contributed by atoms with E-state index in [1.165, 1.54) is 38.6 Å². The largest absolute Gasteiger partial charge is 0.335 e. The van der Waals surface area contributed by atoms with Crippen molar-refractivity contribution in [2.45, 2.75) is 70.4 Å². The highest BCUT2D eigenvalue weighted by molar-refractivity contribution is 5.74. The number of carbonyl (C=O) groups is 1. The minimum absolute atomic E-state index is 0.0785. The van der Waals surface area contributed by atoms with E-state index in [9.17, 15) is 4.79 Å². The standard InChI is InChI=1S/C17H31N3O/c1-2-12-5-3-4-6-16(12)20-17(21)19-15-8-7-13-10-18-11-14(13)9-15/h12-16,18H,2-11H2,1H3,(H2,19,20,21). The predicted octanol–water partition coefficient (Wildman–Crippen LogP) is 2.64. The first kappa shape index (κ1) is 15.1. The monoisotopic (exact) mass is 293 g/mol. The van der Waals surface area contributed by atoms with Crippen molar-refractivity contribution >= 4 is 6.03 Å². The lowest BCUT2D eigenvalue weighted by Crippen LogP contribution is -2.50. The van der Waals surface area contributed by atoms with Crippen molar-refractivity contribution in [3.8, 4) is 0 Å². The summed E-state index contributed by atoms with van der Waals surface area (Å²) in [6.45, 7) is 4.58. The van der Waals surface area contributed by atoms with Gasteiger partial charge in [0.15, 0.2) is 0 Å². The Morgan fingerprint density at radius 2 is 1.86 bits per heavy atom. The third kappa shape index (κ3) is 3.71. The minimum atomic E-state index is 0.0785. The summed E-state index contributed by atoms with van der Waals surface area (Å²) in [6, 6.07) is 0.859. The van der Waals surface area contributed by atoms with Gasteiger partial charge >= 0.3 is 6.03 Å². The van der Waals surface area contributed by atoms with Crippen molar-refractivity contribution in [1.82, 2.24) is 16.0 Å². The van der Waals surface area contributed by atoms with Gasteiger partial charge in [-0.3, -0.25) is 0 Å². The van der Waals surface area contributed by atoms with Gasteiger partial charge in [-0.05, 0) is 62.9 Å². The van der Waals surface area contributed by atoms with Crippen molar-refractivity contribution in [2.24, 2.45) is 17.8 Å². The molecule has 0 radical (unpaired) electrons. The molecule has 21 heavy (non-hydrogen) atoms. The molecule has 0 aromatic carbocycles. The zero-order chi connectivity index (χ0) is 14.7. The lowest BCUT2D eigenvalue weighted by atomic mass is 9.79. The Balaban J connectivity index is 1.45. The predicted molar refractivity (Wildman–Crippen MR) is 85.2 cm³/mol. The third-order valence-electron chi connectivity index (χ3n) is 6.04. The molecule has 2 aliphatic carbocycles. The van der Waals surface area contributed by atoms with Crippen LogP contribution in [0.2, 0.25) is 0 Å². The van der Waals surface area contributed by atoms with E-state index in [0.29, 0.717) is 18.0 Å². The Morgan fingerprint density at radius 1 is 1.05 bits per heavy atom. The van der Waals surface area contributed by atoms with Crippen molar-refractivity contribution in [3.63, 3.8) is 0 Å². The maximum atomic E-state index is 12.3. The Morgan fingerprint density at radius 3 is 2.71 bits per heavy atom. The second-order valence-electron chi connectivity index (χ2n) is 7.37. The van der Waals surface area contributed by atoms with Gasteiger partial charge in [0.2, 0.25) is 0 Å². The van der Waals surface area contributed by atoms with Crippen LogP contribution in [0.3, 0.4) is 0 Å². The summed E-state index contributed by atoms with van der Waals surface area (Å²) in [6.07, 6.45) is 9.79. The van der Waals surface area contributed by atoms with Crippen LogP contribution in [0.5, 0.6) is 0 Å². The van der Waals surface area contributed by atoms with Crippen LogP contribution in [0.1, 0.15) is 58.3 Å². The molecule has 5 unspecified atom stereocenters. The highest BCUT2D eigenvalue weighted by Crippen LogP contribution is 2.32. The van der Waals surface area contributed by atoms with Gasteiger partial charge in [0, 0.05) is 12.1 Å². The SMILES string of the molecule is CCC1CCCCC1NC(=O)NC1CCC2CNCC2C1. The van der Waals surface area contributed by atoms with E-state index < -0.39 is 0 Å². The Labute approximate surface area is 128 Å². The zero-order valence-corrected chi connectivity index (χ0v) is 13.4. The molecule has 4 nitrogen and oxygen atoms in total. The fraction of sp³-hybridized carbons (Fsp3) is 0.941. The number of fused-ring (bicyclic) bond motifs is 1. The van der Waals surface area contributed by atoms with Crippen LogP contribution in [0.25, 0.3) is 0 Å². The molecule has 3 N–H and O–H groups in total. The molecule has 2 amide bonds. The first-order valence-corrected chi connectivity index (χ1v) is 9.04. The Hall–Kier alpha value is -0.770. The molecule has 1 saturated heterocycles. The van der Waals surface area contributed by atoms with Gasteiger partial charge in [-0.2, -0.15) is 0 Å². The van der Waals surface area contributed by atoms with E-state index in [4.69, 9.17) is 0 Å². The fourth-order valence-electron chi connectivity index (χ4n) is 4.71. The second kappa shape index (κ2) is 6.99.